The maximum absolute atomic E-state index is 12.4. The number of halogens is 1. The van der Waals surface area contributed by atoms with Crippen molar-refractivity contribution in [1.29, 1.82) is 0 Å². The molecular weight excluding hydrogens is 404 g/mol. The molecule has 0 radical (unpaired) electrons. The van der Waals surface area contributed by atoms with Crippen molar-refractivity contribution in [1.82, 2.24) is 9.78 Å². The molecule has 0 unspecified atom stereocenters. The van der Waals surface area contributed by atoms with Crippen LogP contribution in [0.15, 0.2) is 54.9 Å². The predicted octanol–water partition coefficient (Wildman–Crippen LogP) is 3.57. The molecule has 1 heterocycles. The number of nitro groups is 1. The lowest BCUT2D eigenvalue weighted by Crippen LogP contribution is -2.12. The van der Waals surface area contributed by atoms with Crippen molar-refractivity contribution in [3.8, 4) is 11.5 Å². The highest BCUT2D eigenvalue weighted by molar-refractivity contribution is 6.30. The molecule has 0 saturated heterocycles. The van der Waals surface area contributed by atoms with Gasteiger partial charge in [-0.05, 0) is 24.3 Å². The first-order valence-electron chi connectivity index (χ1n) is 8.08. The van der Waals surface area contributed by atoms with Gasteiger partial charge in [-0.3, -0.25) is 24.4 Å². The Kier molecular flexibility index (Phi) is 5.74. The van der Waals surface area contributed by atoms with E-state index in [1.807, 2.05) is 0 Å². The number of aliphatic carboxylic acids is 1. The second-order valence-electron chi connectivity index (χ2n) is 5.80. The minimum absolute atomic E-state index is 0.0953. The summed E-state index contributed by atoms with van der Waals surface area (Å²) in [5, 5.41) is 26.8. The maximum atomic E-state index is 12.4. The Hall–Kier alpha value is -3.92. The van der Waals surface area contributed by atoms with E-state index in [1.165, 1.54) is 30.6 Å². The van der Waals surface area contributed by atoms with E-state index in [0.717, 1.165) is 4.68 Å². The molecule has 0 saturated carbocycles. The van der Waals surface area contributed by atoms with Gasteiger partial charge in [-0.2, -0.15) is 5.10 Å². The molecule has 3 aromatic rings. The van der Waals surface area contributed by atoms with Crippen molar-refractivity contribution in [2.75, 3.05) is 5.32 Å². The fraction of sp³-hybridized carbons (Fsp3) is 0.0556. The first kappa shape index (κ1) is 19.8. The fourth-order valence-electron chi connectivity index (χ4n) is 2.37. The van der Waals surface area contributed by atoms with Gasteiger partial charge in [-0.15, -0.1) is 0 Å². The molecule has 1 amide bonds. The number of nitrogens with zero attached hydrogens (tertiary/aromatic N) is 3. The van der Waals surface area contributed by atoms with Crippen molar-refractivity contribution in [2.45, 2.75) is 6.54 Å². The summed E-state index contributed by atoms with van der Waals surface area (Å²) in [6.07, 6.45) is 2.45. The molecule has 3 rings (SSSR count). The van der Waals surface area contributed by atoms with E-state index in [-0.39, 0.29) is 22.7 Å². The van der Waals surface area contributed by atoms with Gasteiger partial charge in [-0.1, -0.05) is 11.6 Å². The number of nitrogens with one attached hydrogen (secondary N) is 1. The summed E-state index contributed by atoms with van der Waals surface area (Å²) in [7, 11) is 0. The molecule has 148 valence electrons. The third kappa shape index (κ3) is 5.30. The lowest BCUT2D eigenvalue weighted by molar-refractivity contribution is -0.384. The highest BCUT2D eigenvalue weighted by atomic mass is 35.5. The number of carboxylic acids is 1. The topological polar surface area (TPSA) is 137 Å². The van der Waals surface area contributed by atoms with Gasteiger partial charge >= 0.3 is 5.97 Å². The van der Waals surface area contributed by atoms with Crippen LogP contribution in [0, 0.1) is 10.1 Å². The molecular formula is C18H13ClN4O6. The minimum atomic E-state index is -1.11. The Labute approximate surface area is 168 Å². The van der Waals surface area contributed by atoms with Gasteiger partial charge < -0.3 is 15.2 Å². The Morgan fingerprint density at radius 3 is 2.59 bits per heavy atom. The van der Waals surface area contributed by atoms with Crippen LogP contribution in [0.4, 0.5) is 11.4 Å². The van der Waals surface area contributed by atoms with E-state index in [4.69, 9.17) is 21.4 Å². The monoisotopic (exact) mass is 416 g/mol. The second kappa shape index (κ2) is 8.40. The van der Waals surface area contributed by atoms with Crippen molar-refractivity contribution in [3.63, 3.8) is 0 Å². The van der Waals surface area contributed by atoms with Gasteiger partial charge in [0, 0.05) is 23.4 Å². The largest absolute Gasteiger partial charge is 0.480 e. The number of nitro benzene ring substituents is 1. The van der Waals surface area contributed by atoms with E-state index < -0.39 is 23.3 Å². The number of rotatable bonds is 7. The Bertz CT molecular complexity index is 1080. The molecule has 2 aromatic carbocycles. The summed E-state index contributed by atoms with van der Waals surface area (Å²) in [5.74, 6) is -1.18. The summed E-state index contributed by atoms with van der Waals surface area (Å²) in [4.78, 5) is 33.7. The minimum Gasteiger partial charge on any atom is -0.480 e. The summed E-state index contributed by atoms with van der Waals surface area (Å²) in [6, 6.07) is 10.2. The number of hydrogen-bond acceptors (Lipinski definition) is 6. The molecule has 0 aliphatic heterocycles. The van der Waals surface area contributed by atoms with Crippen LogP contribution in [0.3, 0.4) is 0 Å². The van der Waals surface area contributed by atoms with Crippen LogP contribution in [0.1, 0.15) is 10.4 Å². The molecule has 29 heavy (non-hydrogen) atoms. The van der Waals surface area contributed by atoms with Gasteiger partial charge in [0.05, 0.1) is 28.4 Å². The van der Waals surface area contributed by atoms with Crippen molar-refractivity contribution >= 4 is 34.9 Å². The number of anilines is 1. The molecule has 0 aliphatic carbocycles. The van der Waals surface area contributed by atoms with Gasteiger partial charge in [0.2, 0.25) is 0 Å². The molecule has 1 aromatic heterocycles. The molecule has 0 aliphatic rings. The lowest BCUT2D eigenvalue weighted by Gasteiger charge is -2.09. The molecule has 10 nitrogen and oxygen atoms in total. The van der Waals surface area contributed by atoms with Crippen LogP contribution in [0.5, 0.6) is 11.5 Å². The summed E-state index contributed by atoms with van der Waals surface area (Å²) >= 11 is 5.82. The lowest BCUT2D eigenvalue weighted by atomic mass is 10.2. The Morgan fingerprint density at radius 1 is 1.21 bits per heavy atom. The van der Waals surface area contributed by atoms with Crippen LogP contribution >= 0.6 is 11.6 Å². The number of carboxylic acid groups (broad SMARTS) is 1. The number of aromatic nitrogens is 2. The van der Waals surface area contributed by atoms with E-state index in [1.54, 1.807) is 24.3 Å². The van der Waals surface area contributed by atoms with Gasteiger partial charge in [0.1, 0.15) is 18.0 Å². The van der Waals surface area contributed by atoms with Crippen LogP contribution in [0.25, 0.3) is 0 Å². The van der Waals surface area contributed by atoms with Gasteiger partial charge in [0.15, 0.2) is 0 Å². The molecule has 0 atom stereocenters. The number of carbonyl (C=O) groups excluding carboxylic acids is 1. The smallest absolute Gasteiger partial charge is 0.325 e. The van der Waals surface area contributed by atoms with E-state index in [0.29, 0.717) is 10.8 Å². The zero-order valence-corrected chi connectivity index (χ0v) is 15.4. The van der Waals surface area contributed by atoms with E-state index in [9.17, 15) is 19.7 Å². The van der Waals surface area contributed by atoms with Crippen LogP contribution in [0.2, 0.25) is 5.02 Å². The normalized spacial score (nSPS) is 10.4. The van der Waals surface area contributed by atoms with E-state index >= 15 is 0 Å². The Balaban J connectivity index is 1.82. The van der Waals surface area contributed by atoms with Gasteiger partial charge in [-0.25, -0.2) is 0 Å². The van der Waals surface area contributed by atoms with Crippen LogP contribution in [-0.4, -0.2) is 31.7 Å². The van der Waals surface area contributed by atoms with Gasteiger partial charge in [0.25, 0.3) is 11.6 Å². The summed E-state index contributed by atoms with van der Waals surface area (Å²) < 4.78 is 6.69. The number of non-ortho nitro benzene ring substituents is 1. The highest BCUT2D eigenvalue weighted by Crippen LogP contribution is 2.30. The molecule has 11 heteroatoms. The average Bonchev–Trinajstić information content (AvgIpc) is 3.11. The predicted molar refractivity (Wildman–Crippen MR) is 102 cm³/mol. The van der Waals surface area contributed by atoms with Crippen LogP contribution in [-0.2, 0) is 11.3 Å². The first-order valence-corrected chi connectivity index (χ1v) is 8.46. The molecule has 2 N–H and O–H groups in total. The zero-order chi connectivity index (χ0) is 21.0. The SMILES string of the molecule is O=C(O)Cn1cc(C(=O)Nc2cc(Oc3ccc(Cl)cc3)cc([N+](=O)[O-])c2)cn1. The van der Waals surface area contributed by atoms with E-state index in [2.05, 4.69) is 10.4 Å². The average molecular weight is 417 g/mol. The molecule has 0 fully saturated rings. The number of hydrogen-bond donors (Lipinski definition) is 2. The molecule has 0 bridgehead atoms. The number of amides is 1. The summed E-state index contributed by atoms with van der Waals surface area (Å²) in [5.41, 5.74) is -0.0644. The van der Waals surface area contributed by atoms with Crippen molar-refractivity contribution in [2.24, 2.45) is 0 Å². The van der Waals surface area contributed by atoms with Crippen molar-refractivity contribution in [3.05, 3.63) is 75.6 Å². The third-order valence-corrected chi connectivity index (χ3v) is 3.85. The fourth-order valence-corrected chi connectivity index (χ4v) is 2.49. The quantitative estimate of drug-likeness (QED) is 0.443. The number of carbonyl (C=O) groups is 2. The number of benzene rings is 2. The molecule has 0 spiro atoms. The zero-order valence-electron chi connectivity index (χ0n) is 14.6. The standard InChI is InChI=1S/C18H13ClN4O6/c19-12-1-3-15(4-2-12)29-16-6-13(5-14(7-16)23(27)28)21-18(26)11-8-20-22(9-11)10-17(24)25/h1-9H,10H2,(H,21,26)(H,24,25). The van der Waals surface area contributed by atoms with Crippen LogP contribution < -0.4 is 10.1 Å². The number of ether oxygens (including phenoxy) is 1. The third-order valence-electron chi connectivity index (χ3n) is 3.60. The maximum Gasteiger partial charge on any atom is 0.325 e. The first-order chi connectivity index (χ1) is 13.8. The Morgan fingerprint density at radius 2 is 1.93 bits per heavy atom. The highest BCUT2D eigenvalue weighted by Gasteiger charge is 2.15. The van der Waals surface area contributed by atoms with Crippen molar-refractivity contribution < 1.29 is 24.4 Å². The summed E-state index contributed by atoms with van der Waals surface area (Å²) in [6.45, 7) is -0.400. The second-order valence-corrected chi connectivity index (χ2v) is 6.24.